The van der Waals surface area contributed by atoms with Gasteiger partial charge in [0.1, 0.15) is 25.0 Å². The fourth-order valence-electron chi connectivity index (χ4n) is 3.65. The number of hydrogen-bond acceptors (Lipinski definition) is 6. The summed E-state index contributed by atoms with van der Waals surface area (Å²) in [5.74, 6) is 1.76. The Bertz CT molecular complexity index is 940. The van der Waals surface area contributed by atoms with Crippen molar-refractivity contribution >= 4 is 17.7 Å². The quantitative estimate of drug-likeness (QED) is 0.522. The molecule has 2 atom stereocenters. The van der Waals surface area contributed by atoms with Gasteiger partial charge in [-0.25, -0.2) is 0 Å². The monoisotopic (exact) mass is 459 g/mol. The molecular weight excluding hydrogens is 426 g/mol. The average Bonchev–Trinajstić information content (AvgIpc) is 3.26. The summed E-state index contributed by atoms with van der Waals surface area (Å²) in [5.41, 5.74) is 3.32. The van der Waals surface area contributed by atoms with Gasteiger partial charge in [-0.15, -0.1) is 11.8 Å². The van der Waals surface area contributed by atoms with Gasteiger partial charge < -0.3 is 19.3 Å². The third-order valence-electron chi connectivity index (χ3n) is 5.44. The number of carboxylic acids is 1. The van der Waals surface area contributed by atoms with E-state index in [0.29, 0.717) is 30.5 Å². The molecular formula is C25H33NO5S. The predicted octanol–water partition coefficient (Wildman–Crippen LogP) is 4.80. The first kappa shape index (κ1) is 24.3. The van der Waals surface area contributed by atoms with Crippen LogP contribution in [0, 0.1) is 0 Å². The summed E-state index contributed by atoms with van der Waals surface area (Å²) in [6.45, 7) is 9.42. The van der Waals surface area contributed by atoms with Crippen LogP contribution >= 0.6 is 11.8 Å². The molecule has 2 unspecified atom stereocenters. The smallest absolute Gasteiger partial charge is 0.321 e. The molecule has 2 N–H and O–H groups in total. The first-order valence-electron chi connectivity index (χ1n) is 10.9. The lowest BCUT2D eigenvalue weighted by molar-refractivity contribution is -0.138. The molecule has 3 rings (SSSR count). The van der Waals surface area contributed by atoms with Gasteiger partial charge in [0, 0.05) is 11.3 Å². The summed E-state index contributed by atoms with van der Waals surface area (Å²) < 4.78 is 17.7. The Balaban J connectivity index is 1.70. The van der Waals surface area contributed by atoms with E-state index in [4.69, 9.17) is 14.2 Å². The highest BCUT2D eigenvalue weighted by Gasteiger charge is 2.32. The molecule has 2 aromatic carbocycles. The van der Waals surface area contributed by atoms with Gasteiger partial charge in [-0.3, -0.25) is 10.1 Å². The van der Waals surface area contributed by atoms with E-state index in [1.165, 1.54) is 11.1 Å². The van der Waals surface area contributed by atoms with Gasteiger partial charge in [-0.05, 0) is 35.1 Å². The van der Waals surface area contributed by atoms with Crippen molar-refractivity contribution in [1.29, 1.82) is 0 Å². The molecule has 0 amide bonds. The number of rotatable bonds is 9. The van der Waals surface area contributed by atoms with Crippen LogP contribution in [0.5, 0.6) is 17.2 Å². The van der Waals surface area contributed by atoms with Crippen molar-refractivity contribution in [2.24, 2.45) is 0 Å². The van der Waals surface area contributed by atoms with E-state index in [-0.39, 0.29) is 10.8 Å². The zero-order chi connectivity index (χ0) is 23.3. The highest BCUT2D eigenvalue weighted by molar-refractivity contribution is 7.99. The third-order valence-corrected chi connectivity index (χ3v) is 6.69. The Morgan fingerprint density at radius 2 is 1.91 bits per heavy atom. The number of carboxylic acid groups (broad SMARTS) is 1. The van der Waals surface area contributed by atoms with Crippen LogP contribution in [0.15, 0.2) is 36.4 Å². The molecule has 32 heavy (non-hydrogen) atoms. The topological polar surface area (TPSA) is 77.0 Å². The standard InChI is InChI=1S/C25H33NO5S/c1-6-16-10-11-20(18(14-16)25(2,3)4)30-12-13-31-22-17(8-7-9-21(22)29-5)23-26-19(15-32-23)24(27)28/h7-11,14,19,23,26H,6,12-13,15H2,1-5H3,(H,27,28). The molecule has 174 valence electrons. The number of hydrogen-bond donors (Lipinski definition) is 2. The summed E-state index contributed by atoms with van der Waals surface area (Å²) in [5, 5.41) is 12.3. The van der Waals surface area contributed by atoms with Crippen LogP contribution in [0.3, 0.4) is 0 Å². The Hall–Kier alpha value is -2.38. The molecule has 0 bridgehead atoms. The van der Waals surface area contributed by atoms with Crippen molar-refractivity contribution in [3.05, 3.63) is 53.1 Å². The Morgan fingerprint density at radius 1 is 1.16 bits per heavy atom. The minimum Gasteiger partial charge on any atom is -0.493 e. The molecule has 1 fully saturated rings. The number of aryl methyl sites for hydroxylation is 1. The van der Waals surface area contributed by atoms with Gasteiger partial charge in [0.15, 0.2) is 11.5 Å². The van der Waals surface area contributed by atoms with Crippen molar-refractivity contribution < 1.29 is 24.1 Å². The number of methoxy groups -OCH3 is 1. The molecule has 1 heterocycles. The summed E-state index contributed by atoms with van der Waals surface area (Å²) in [6.07, 6.45) is 0.985. The number of ether oxygens (including phenoxy) is 3. The SMILES string of the molecule is CCc1ccc(OCCOc2c(OC)cccc2C2NC(C(=O)O)CS2)c(C(C)(C)C)c1. The second-order valence-corrected chi connectivity index (χ2v) is 9.92. The van der Waals surface area contributed by atoms with Gasteiger partial charge in [-0.2, -0.15) is 0 Å². The van der Waals surface area contributed by atoms with Crippen molar-refractivity contribution in [2.45, 2.75) is 50.9 Å². The molecule has 1 aliphatic heterocycles. The van der Waals surface area contributed by atoms with E-state index in [1.54, 1.807) is 18.9 Å². The zero-order valence-electron chi connectivity index (χ0n) is 19.4. The normalized spacial score (nSPS) is 18.4. The molecule has 0 radical (unpaired) electrons. The lowest BCUT2D eigenvalue weighted by Gasteiger charge is -2.24. The van der Waals surface area contributed by atoms with Gasteiger partial charge >= 0.3 is 5.97 Å². The first-order valence-corrected chi connectivity index (χ1v) is 12.0. The second-order valence-electron chi connectivity index (χ2n) is 8.78. The number of nitrogens with one attached hydrogen (secondary N) is 1. The lowest BCUT2D eigenvalue weighted by atomic mass is 9.85. The lowest BCUT2D eigenvalue weighted by Crippen LogP contribution is -2.33. The van der Waals surface area contributed by atoms with E-state index in [0.717, 1.165) is 17.7 Å². The predicted molar refractivity (Wildman–Crippen MR) is 128 cm³/mol. The van der Waals surface area contributed by atoms with Crippen molar-refractivity contribution in [3.63, 3.8) is 0 Å². The van der Waals surface area contributed by atoms with Crippen molar-refractivity contribution in [3.8, 4) is 17.2 Å². The fourth-order valence-corrected chi connectivity index (χ4v) is 4.90. The average molecular weight is 460 g/mol. The Labute approximate surface area is 194 Å². The molecule has 0 aromatic heterocycles. The molecule has 0 aliphatic carbocycles. The highest BCUT2D eigenvalue weighted by atomic mass is 32.2. The summed E-state index contributed by atoms with van der Waals surface area (Å²) in [6, 6.07) is 11.5. The van der Waals surface area contributed by atoms with E-state index in [2.05, 4.69) is 45.1 Å². The third kappa shape index (κ3) is 5.70. The van der Waals surface area contributed by atoms with E-state index < -0.39 is 12.0 Å². The minimum atomic E-state index is -0.845. The molecule has 2 aromatic rings. The Morgan fingerprint density at radius 3 is 2.53 bits per heavy atom. The number of aliphatic carboxylic acids is 1. The molecule has 1 saturated heterocycles. The Kier molecular flexibility index (Phi) is 7.96. The molecule has 1 aliphatic rings. The van der Waals surface area contributed by atoms with Crippen LogP contribution in [0.4, 0.5) is 0 Å². The van der Waals surface area contributed by atoms with Gasteiger partial charge in [0.2, 0.25) is 0 Å². The van der Waals surface area contributed by atoms with Crippen LogP contribution < -0.4 is 19.5 Å². The van der Waals surface area contributed by atoms with Gasteiger partial charge in [0.05, 0.1) is 12.5 Å². The maximum absolute atomic E-state index is 11.3. The van der Waals surface area contributed by atoms with Crippen LogP contribution in [-0.4, -0.2) is 43.2 Å². The molecule has 6 nitrogen and oxygen atoms in total. The molecule has 7 heteroatoms. The molecule has 0 saturated carbocycles. The number of benzene rings is 2. The summed E-state index contributed by atoms with van der Waals surface area (Å²) in [7, 11) is 1.60. The van der Waals surface area contributed by atoms with Crippen LogP contribution in [0.2, 0.25) is 0 Å². The van der Waals surface area contributed by atoms with Crippen molar-refractivity contribution in [1.82, 2.24) is 5.32 Å². The van der Waals surface area contributed by atoms with Crippen LogP contribution in [0.25, 0.3) is 0 Å². The largest absolute Gasteiger partial charge is 0.493 e. The maximum Gasteiger partial charge on any atom is 0.321 e. The van der Waals surface area contributed by atoms with Gasteiger partial charge in [0.25, 0.3) is 0 Å². The molecule has 0 spiro atoms. The summed E-state index contributed by atoms with van der Waals surface area (Å²) >= 11 is 1.55. The highest BCUT2D eigenvalue weighted by Crippen LogP contribution is 2.42. The first-order chi connectivity index (χ1) is 15.2. The number of carbonyl (C=O) groups is 1. The summed E-state index contributed by atoms with van der Waals surface area (Å²) in [4.78, 5) is 11.3. The van der Waals surface area contributed by atoms with Crippen LogP contribution in [-0.2, 0) is 16.6 Å². The number of thioether (sulfide) groups is 1. The van der Waals surface area contributed by atoms with E-state index in [9.17, 15) is 9.90 Å². The van der Waals surface area contributed by atoms with Gasteiger partial charge in [-0.1, -0.05) is 52.0 Å². The minimum absolute atomic E-state index is 0.0246. The van der Waals surface area contributed by atoms with E-state index in [1.807, 2.05) is 24.3 Å². The fraction of sp³-hybridized carbons (Fsp3) is 0.480. The number of para-hydroxylation sites is 1. The zero-order valence-corrected chi connectivity index (χ0v) is 20.3. The van der Waals surface area contributed by atoms with Crippen LogP contribution in [0.1, 0.15) is 49.8 Å². The second kappa shape index (κ2) is 10.5. The van der Waals surface area contributed by atoms with Crippen molar-refractivity contribution in [2.75, 3.05) is 26.1 Å². The van der Waals surface area contributed by atoms with E-state index >= 15 is 0 Å². The maximum atomic E-state index is 11.3.